The lowest BCUT2D eigenvalue weighted by atomic mass is 9.96. The Morgan fingerprint density at radius 1 is 1.25 bits per heavy atom. The second kappa shape index (κ2) is 5.08. The van der Waals surface area contributed by atoms with Crippen molar-refractivity contribution in [2.75, 3.05) is 5.73 Å². The molecule has 0 bridgehead atoms. The molecule has 0 saturated heterocycles. The molecule has 4 N–H and O–H groups in total. The summed E-state index contributed by atoms with van der Waals surface area (Å²) in [4.78, 5) is 14.0. The standard InChI is InChI=1S/C13H7BrN4O2/c14-10-3-6(19)1-2-7(10)11-8(4-15)12(17)18-13(20)9(11)5-16/h1-3,19H,(H3,17,18,20). The molecule has 20 heavy (non-hydrogen) atoms. The molecule has 0 saturated carbocycles. The quantitative estimate of drug-likeness (QED) is 0.735. The zero-order chi connectivity index (χ0) is 14.9. The Morgan fingerprint density at radius 2 is 1.90 bits per heavy atom. The number of nitrogens with zero attached hydrogens (tertiary/aromatic N) is 2. The lowest BCUT2D eigenvalue weighted by Gasteiger charge is -2.10. The summed E-state index contributed by atoms with van der Waals surface area (Å²) >= 11 is 3.23. The minimum atomic E-state index is -0.668. The van der Waals surface area contributed by atoms with Crippen molar-refractivity contribution in [3.05, 3.63) is 44.2 Å². The third kappa shape index (κ3) is 2.11. The highest BCUT2D eigenvalue weighted by molar-refractivity contribution is 9.10. The van der Waals surface area contributed by atoms with Gasteiger partial charge in [0, 0.05) is 10.0 Å². The summed E-state index contributed by atoms with van der Waals surface area (Å²) in [5, 5.41) is 27.7. The fourth-order valence-corrected chi connectivity index (χ4v) is 2.38. The summed E-state index contributed by atoms with van der Waals surface area (Å²) in [6, 6.07) is 7.93. The highest BCUT2D eigenvalue weighted by atomic mass is 79.9. The Labute approximate surface area is 121 Å². The van der Waals surface area contributed by atoms with Gasteiger partial charge in [0.2, 0.25) is 0 Å². The Kier molecular flexibility index (Phi) is 3.47. The zero-order valence-electron chi connectivity index (χ0n) is 9.94. The monoisotopic (exact) mass is 330 g/mol. The molecule has 2 rings (SSSR count). The molecule has 98 valence electrons. The molecule has 0 amide bonds. The first-order chi connectivity index (χ1) is 9.49. The minimum Gasteiger partial charge on any atom is -0.508 e. The minimum absolute atomic E-state index is 0.00698. The molecule has 1 aromatic carbocycles. The van der Waals surface area contributed by atoms with E-state index in [-0.39, 0.29) is 28.3 Å². The molecule has 6 nitrogen and oxygen atoms in total. The van der Waals surface area contributed by atoms with Crippen LogP contribution in [-0.4, -0.2) is 10.1 Å². The van der Waals surface area contributed by atoms with Crippen LogP contribution in [0.2, 0.25) is 0 Å². The van der Waals surface area contributed by atoms with E-state index in [0.717, 1.165) is 0 Å². The zero-order valence-corrected chi connectivity index (χ0v) is 11.5. The second-order valence-corrected chi connectivity index (χ2v) is 4.73. The molecular weight excluding hydrogens is 324 g/mol. The Morgan fingerprint density at radius 3 is 2.45 bits per heavy atom. The molecule has 0 spiro atoms. The summed E-state index contributed by atoms with van der Waals surface area (Å²) < 4.78 is 0.440. The number of pyridine rings is 1. The van der Waals surface area contributed by atoms with Gasteiger partial charge in [0.05, 0.1) is 0 Å². The number of benzene rings is 1. The van der Waals surface area contributed by atoms with Crippen LogP contribution in [0.4, 0.5) is 5.82 Å². The number of phenols is 1. The molecule has 0 fully saturated rings. The number of nitriles is 2. The molecule has 7 heteroatoms. The van der Waals surface area contributed by atoms with Gasteiger partial charge in [-0.3, -0.25) is 4.79 Å². The van der Waals surface area contributed by atoms with Gasteiger partial charge >= 0.3 is 0 Å². The average Bonchev–Trinajstić information content (AvgIpc) is 2.38. The van der Waals surface area contributed by atoms with E-state index in [9.17, 15) is 15.2 Å². The number of rotatable bonds is 1. The number of nitrogens with two attached hydrogens (primary N) is 1. The number of halogens is 1. The van der Waals surface area contributed by atoms with Gasteiger partial charge < -0.3 is 15.8 Å². The van der Waals surface area contributed by atoms with Crippen molar-refractivity contribution in [1.82, 2.24) is 4.98 Å². The fourth-order valence-electron chi connectivity index (χ4n) is 1.82. The number of nitrogen functional groups attached to an aromatic ring is 1. The van der Waals surface area contributed by atoms with Gasteiger partial charge in [-0.15, -0.1) is 0 Å². The topological polar surface area (TPSA) is 127 Å². The number of aromatic nitrogens is 1. The molecule has 0 aliphatic heterocycles. The molecule has 2 aromatic rings. The summed E-state index contributed by atoms with van der Waals surface area (Å²) in [5.41, 5.74) is 5.32. The predicted molar refractivity (Wildman–Crippen MR) is 75.7 cm³/mol. The summed E-state index contributed by atoms with van der Waals surface area (Å²) in [6.07, 6.45) is 0. The van der Waals surface area contributed by atoms with Crippen LogP contribution < -0.4 is 11.3 Å². The molecule has 1 aromatic heterocycles. The van der Waals surface area contributed by atoms with E-state index >= 15 is 0 Å². The number of aromatic amines is 1. The molecule has 0 aliphatic rings. The maximum absolute atomic E-state index is 11.8. The Balaban J connectivity index is 2.97. The number of H-pyrrole nitrogens is 1. The van der Waals surface area contributed by atoms with E-state index in [2.05, 4.69) is 20.9 Å². The summed E-state index contributed by atoms with van der Waals surface area (Å²) in [6.45, 7) is 0. The average molecular weight is 331 g/mol. The van der Waals surface area contributed by atoms with Gasteiger partial charge in [0.1, 0.15) is 34.8 Å². The first-order valence-electron chi connectivity index (χ1n) is 5.34. The van der Waals surface area contributed by atoms with Crippen molar-refractivity contribution in [1.29, 1.82) is 10.5 Å². The normalized spacial score (nSPS) is 9.75. The Bertz CT molecular complexity index is 843. The smallest absolute Gasteiger partial charge is 0.268 e. The van der Waals surface area contributed by atoms with Crippen molar-refractivity contribution in [2.45, 2.75) is 0 Å². The van der Waals surface area contributed by atoms with E-state index < -0.39 is 5.56 Å². The molecule has 0 aliphatic carbocycles. The fraction of sp³-hybridized carbons (Fsp3) is 0. The first-order valence-corrected chi connectivity index (χ1v) is 6.13. The lowest BCUT2D eigenvalue weighted by molar-refractivity contribution is 0.475. The van der Waals surface area contributed by atoms with Crippen molar-refractivity contribution >= 4 is 21.7 Å². The van der Waals surface area contributed by atoms with E-state index in [1.165, 1.54) is 18.2 Å². The van der Waals surface area contributed by atoms with Crippen LogP contribution >= 0.6 is 15.9 Å². The van der Waals surface area contributed by atoms with E-state index in [1.54, 1.807) is 6.07 Å². The SMILES string of the molecule is N#Cc1c(N)[nH]c(=O)c(C#N)c1-c1ccc(O)cc1Br. The maximum atomic E-state index is 11.8. The highest BCUT2D eigenvalue weighted by Gasteiger charge is 2.19. The third-order valence-corrected chi connectivity index (χ3v) is 3.35. The number of anilines is 1. The van der Waals surface area contributed by atoms with Gasteiger partial charge in [-0.2, -0.15) is 10.5 Å². The molecule has 1 heterocycles. The summed E-state index contributed by atoms with van der Waals surface area (Å²) in [5.74, 6) is -0.0954. The number of aromatic hydroxyl groups is 1. The molecule has 0 unspecified atom stereocenters. The van der Waals surface area contributed by atoms with Crippen LogP contribution in [0.1, 0.15) is 11.1 Å². The summed E-state index contributed by atoms with van der Waals surface area (Å²) in [7, 11) is 0. The van der Waals surface area contributed by atoms with E-state index in [0.29, 0.717) is 10.0 Å². The van der Waals surface area contributed by atoms with Gasteiger partial charge in [0.25, 0.3) is 5.56 Å². The second-order valence-electron chi connectivity index (χ2n) is 3.88. The van der Waals surface area contributed by atoms with Gasteiger partial charge in [-0.1, -0.05) is 15.9 Å². The van der Waals surface area contributed by atoms with Gasteiger partial charge in [0.15, 0.2) is 0 Å². The highest BCUT2D eigenvalue weighted by Crippen LogP contribution is 2.35. The van der Waals surface area contributed by atoms with Crippen LogP contribution in [0, 0.1) is 22.7 Å². The number of phenolic OH excluding ortho intramolecular Hbond substituents is 1. The van der Waals surface area contributed by atoms with Crippen molar-refractivity contribution in [2.24, 2.45) is 0 Å². The van der Waals surface area contributed by atoms with Crippen molar-refractivity contribution < 1.29 is 5.11 Å². The maximum Gasteiger partial charge on any atom is 0.268 e. The number of hydrogen-bond donors (Lipinski definition) is 3. The number of hydrogen-bond acceptors (Lipinski definition) is 5. The van der Waals surface area contributed by atoms with Crippen LogP contribution in [0.25, 0.3) is 11.1 Å². The van der Waals surface area contributed by atoms with E-state index in [4.69, 9.17) is 11.0 Å². The molecule has 0 atom stereocenters. The van der Waals surface area contributed by atoms with Crippen LogP contribution in [0.5, 0.6) is 5.75 Å². The largest absolute Gasteiger partial charge is 0.508 e. The molecule has 0 radical (unpaired) electrons. The number of nitrogens with one attached hydrogen (secondary N) is 1. The van der Waals surface area contributed by atoms with Gasteiger partial charge in [-0.25, -0.2) is 0 Å². The predicted octanol–water partition coefficient (Wildman–Crippen LogP) is 1.84. The van der Waals surface area contributed by atoms with Gasteiger partial charge in [-0.05, 0) is 23.8 Å². The third-order valence-electron chi connectivity index (χ3n) is 2.69. The van der Waals surface area contributed by atoms with Crippen molar-refractivity contribution in [3.8, 4) is 29.0 Å². The van der Waals surface area contributed by atoms with Crippen molar-refractivity contribution in [3.63, 3.8) is 0 Å². The van der Waals surface area contributed by atoms with E-state index in [1.807, 2.05) is 6.07 Å². The van der Waals surface area contributed by atoms with Crippen LogP contribution in [0.3, 0.4) is 0 Å². The lowest BCUT2D eigenvalue weighted by Crippen LogP contribution is -2.16. The van der Waals surface area contributed by atoms with Crippen LogP contribution in [-0.2, 0) is 0 Å². The molecular formula is C13H7BrN4O2. The van der Waals surface area contributed by atoms with Crippen LogP contribution in [0.15, 0.2) is 27.5 Å². The first kappa shape index (κ1) is 13.7. The Hall–Kier alpha value is -2.77.